The molecule has 0 atom stereocenters. The SMILES string of the molecule is CC(C)C(C(=O)/C=C(\O)C(C(C)C)C(C)C)C(C)C.Cc1cc2c([Si](C)(C)C)cc(-c3ncc([Si](C)(C)C)c4c3sc3cc(CC(C)(C)C)ccc34)[c-]c2cc1-c1ccccc1.[Ir]. The molecule has 7 heteroatoms. The van der Waals surface area contributed by atoms with Crippen LogP contribution in [0.1, 0.15) is 87.3 Å². The van der Waals surface area contributed by atoms with Crippen LogP contribution >= 0.6 is 11.3 Å². The summed E-state index contributed by atoms with van der Waals surface area (Å²) in [7, 11) is -3.34. The molecule has 0 amide bonds. The first-order valence-electron chi connectivity index (χ1n) is 23.1. The van der Waals surface area contributed by atoms with E-state index in [1.165, 1.54) is 69.6 Å². The van der Waals surface area contributed by atoms with Gasteiger partial charge in [0.05, 0.1) is 21.9 Å². The van der Waals surface area contributed by atoms with E-state index in [2.05, 4.69) is 201 Å². The van der Waals surface area contributed by atoms with Crippen LogP contribution in [0.5, 0.6) is 0 Å². The summed E-state index contributed by atoms with van der Waals surface area (Å²) >= 11 is 1.93. The van der Waals surface area contributed by atoms with Gasteiger partial charge in [-0.05, 0) is 81.1 Å². The Morgan fingerprint density at radius 2 is 1.33 bits per heavy atom. The molecule has 0 saturated carbocycles. The Labute approximate surface area is 401 Å². The minimum Gasteiger partial charge on any atom is -0.512 e. The van der Waals surface area contributed by atoms with Gasteiger partial charge in [0.2, 0.25) is 0 Å². The van der Waals surface area contributed by atoms with Crippen LogP contribution < -0.4 is 10.4 Å². The molecule has 0 unspecified atom stereocenters. The quantitative estimate of drug-likeness (QED) is 0.0575. The number of hydrogen-bond acceptors (Lipinski definition) is 4. The van der Waals surface area contributed by atoms with Crippen LogP contribution in [0.15, 0.2) is 84.8 Å². The van der Waals surface area contributed by atoms with Crippen molar-refractivity contribution in [2.75, 3.05) is 0 Å². The molecule has 1 N–H and O–H groups in total. The van der Waals surface area contributed by atoms with E-state index in [1.807, 2.05) is 11.3 Å². The molecule has 6 rings (SSSR count). The first-order chi connectivity index (χ1) is 28.7. The number of rotatable bonds is 12. The fraction of sp³-hybridized carbons (Fsp3) is 0.464. The minimum atomic E-state index is -1.69. The smallest absolute Gasteiger partial charge is 0.162 e. The van der Waals surface area contributed by atoms with Crippen LogP contribution in [0.2, 0.25) is 39.3 Å². The van der Waals surface area contributed by atoms with Gasteiger partial charge in [-0.2, -0.15) is 0 Å². The Hall–Kier alpha value is -3.20. The summed E-state index contributed by atoms with van der Waals surface area (Å²) in [6.45, 7) is 40.5. The van der Waals surface area contributed by atoms with Crippen LogP contribution in [0.3, 0.4) is 0 Å². The second-order valence-electron chi connectivity index (χ2n) is 22.6. The van der Waals surface area contributed by atoms with E-state index in [0.29, 0.717) is 23.7 Å². The molecule has 0 aliphatic carbocycles. The van der Waals surface area contributed by atoms with Gasteiger partial charge in [-0.3, -0.25) is 9.78 Å². The zero-order valence-electron chi connectivity index (χ0n) is 41.7. The molecule has 6 aromatic rings. The zero-order valence-corrected chi connectivity index (χ0v) is 46.9. The van der Waals surface area contributed by atoms with Gasteiger partial charge >= 0.3 is 0 Å². The van der Waals surface area contributed by atoms with Crippen molar-refractivity contribution in [1.82, 2.24) is 4.98 Å². The van der Waals surface area contributed by atoms with E-state index in [1.54, 1.807) is 0 Å². The maximum absolute atomic E-state index is 12.3. The van der Waals surface area contributed by atoms with Crippen molar-refractivity contribution in [3.63, 3.8) is 0 Å². The first kappa shape index (κ1) is 52.4. The fourth-order valence-corrected chi connectivity index (χ4v) is 14.1. The van der Waals surface area contributed by atoms with E-state index in [-0.39, 0.29) is 48.9 Å². The predicted molar refractivity (Wildman–Crippen MR) is 280 cm³/mol. The number of nitrogens with zero attached hydrogens (tertiary/aromatic N) is 1. The van der Waals surface area contributed by atoms with Crippen molar-refractivity contribution < 1.29 is 30.0 Å². The molecule has 4 aromatic carbocycles. The van der Waals surface area contributed by atoms with Gasteiger partial charge in [0.25, 0.3) is 0 Å². The molecular formula is C56H76IrNO2SSi2-. The third kappa shape index (κ3) is 12.4. The molecule has 0 saturated heterocycles. The number of pyridine rings is 1. The van der Waals surface area contributed by atoms with Gasteiger partial charge in [-0.15, -0.1) is 40.1 Å². The molecule has 0 bridgehead atoms. The number of allylic oxidation sites excluding steroid dienone is 2. The second kappa shape index (κ2) is 20.5. The number of aryl methyl sites for hydroxylation is 1. The fourth-order valence-electron chi connectivity index (χ4n) is 9.64. The summed E-state index contributed by atoms with van der Waals surface area (Å²) in [6, 6.07) is 29.0. The Bertz CT molecular complexity index is 2550. The van der Waals surface area contributed by atoms with E-state index in [0.717, 1.165) is 17.7 Å². The number of carbonyl (C=O) groups is 1. The molecular weight excluding hydrogens is 999 g/mol. The Morgan fingerprint density at radius 3 is 1.86 bits per heavy atom. The number of ketones is 1. The molecule has 0 aliphatic heterocycles. The maximum atomic E-state index is 12.3. The molecule has 0 aliphatic rings. The summed E-state index contributed by atoms with van der Waals surface area (Å²) in [5, 5.41) is 18.5. The number of aliphatic hydroxyl groups is 1. The monoisotopic (exact) mass is 1080 g/mol. The van der Waals surface area contributed by atoms with Gasteiger partial charge in [0.1, 0.15) is 0 Å². The van der Waals surface area contributed by atoms with E-state index >= 15 is 0 Å². The van der Waals surface area contributed by atoms with E-state index < -0.39 is 16.1 Å². The predicted octanol–water partition coefficient (Wildman–Crippen LogP) is 15.6. The average Bonchev–Trinajstić information content (AvgIpc) is 3.51. The topological polar surface area (TPSA) is 50.2 Å². The Kier molecular flexibility index (Phi) is 17.1. The van der Waals surface area contributed by atoms with Crippen LogP contribution in [0.25, 0.3) is 53.3 Å². The molecule has 2 aromatic heterocycles. The van der Waals surface area contributed by atoms with Gasteiger partial charge in [-0.25, -0.2) is 0 Å². The molecule has 341 valence electrons. The average molecular weight is 1080 g/mol. The number of carbonyl (C=O) groups excluding carboxylic acids is 1. The van der Waals surface area contributed by atoms with Crippen LogP contribution in [-0.4, -0.2) is 32.0 Å². The van der Waals surface area contributed by atoms with Gasteiger partial charge in [-0.1, -0.05) is 180 Å². The maximum Gasteiger partial charge on any atom is 0.162 e. The standard InChI is InChI=1S/C39H44NSSi2.C17H32O2.Ir/c1-25-18-32-28(21-31(25)27-14-12-11-13-15-27)20-29(22-34(32)42(5,6)7)37-38-36(35(24-40-37)43(8,9)10)30-17-16-26(19-33(30)41-38)23-39(2,3)4;1-10(2)16(11(3)4)14(18)9-15(19)17(12(5)6)13(7)8;/h11-19,21-22,24H,23H2,1-10H3;9-13,16-18H,1-8H3;/q-1;;/b;14-9-;. The summed E-state index contributed by atoms with van der Waals surface area (Å²) < 4.78 is 2.69. The van der Waals surface area contributed by atoms with Crippen LogP contribution in [-0.2, 0) is 31.3 Å². The van der Waals surface area contributed by atoms with Crippen LogP contribution in [0, 0.1) is 53.9 Å². The molecule has 1 radical (unpaired) electrons. The molecule has 63 heavy (non-hydrogen) atoms. The summed E-state index contributed by atoms with van der Waals surface area (Å²) in [5.74, 6) is 1.63. The zero-order chi connectivity index (χ0) is 46.2. The van der Waals surface area contributed by atoms with Crippen molar-refractivity contribution in [3.05, 3.63) is 102 Å². The third-order valence-electron chi connectivity index (χ3n) is 12.3. The Balaban J connectivity index is 0.000000371. The molecule has 0 spiro atoms. The van der Waals surface area contributed by atoms with Gasteiger partial charge in [0, 0.05) is 59.3 Å². The largest absolute Gasteiger partial charge is 0.512 e. The number of aliphatic hydroxyl groups excluding tert-OH is 1. The number of fused-ring (bicyclic) bond motifs is 4. The van der Waals surface area contributed by atoms with Crippen molar-refractivity contribution >= 4 is 74.6 Å². The number of thiophene rings is 1. The van der Waals surface area contributed by atoms with Crippen molar-refractivity contribution in [2.45, 2.75) is 129 Å². The number of aromatic nitrogens is 1. The summed E-state index contributed by atoms with van der Waals surface area (Å²) in [6.07, 6.45) is 4.76. The van der Waals surface area contributed by atoms with Crippen molar-refractivity contribution in [3.8, 4) is 22.4 Å². The third-order valence-corrected chi connectivity index (χ3v) is 17.5. The first-order valence-corrected chi connectivity index (χ1v) is 30.9. The van der Waals surface area contributed by atoms with Crippen LogP contribution in [0.4, 0.5) is 0 Å². The number of hydrogen-bond donors (Lipinski definition) is 1. The number of benzene rings is 4. The molecule has 3 nitrogen and oxygen atoms in total. The summed E-state index contributed by atoms with van der Waals surface area (Å²) in [5.41, 5.74) is 7.73. The molecule has 0 fully saturated rings. The minimum absolute atomic E-state index is 0. The van der Waals surface area contributed by atoms with Gasteiger partial charge in [0.15, 0.2) is 5.78 Å². The molecule has 2 heterocycles. The second-order valence-corrected chi connectivity index (χ2v) is 33.7. The van der Waals surface area contributed by atoms with E-state index in [9.17, 15) is 9.90 Å². The van der Waals surface area contributed by atoms with Gasteiger partial charge < -0.3 is 5.11 Å². The summed E-state index contributed by atoms with van der Waals surface area (Å²) in [4.78, 5) is 17.6. The Morgan fingerprint density at radius 1 is 0.762 bits per heavy atom. The van der Waals surface area contributed by atoms with Crippen molar-refractivity contribution in [1.29, 1.82) is 0 Å². The normalized spacial score (nSPS) is 13.0. The van der Waals surface area contributed by atoms with E-state index in [4.69, 9.17) is 4.98 Å². The van der Waals surface area contributed by atoms with Crippen molar-refractivity contribution in [2.24, 2.45) is 40.9 Å².